The molecule has 1 aliphatic heterocycles. The Morgan fingerprint density at radius 2 is 2.41 bits per heavy atom. The van der Waals surface area contributed by atoms with Crippen LogP contribution in [0.2, 0.25) is 0 Å². The predicted molar refractivity (Wildman–Crippen MR) is 82.1 cm³/mol. The van der Waals surface area contributed by atoms with Crippen LogP contribution >= 0.6 is 0 Å². The van der Waals surface area contributed by atoms with Crippen LogP contribution in [0.5, 0.6) is 5.75 Å². The molecule has 116 valence electrons. The Morgan fingerprint density at radius 1 is 1.59 bits per heavy atom. The Balaban J connectivity index is 1.94. The summed E-state index contributed by atoms with van der Waals surface area (Å²) in [5.41, 5.74) is 1.52. The zero-order valence-electron chi connectivity index (χ0n) is 12.4. The van der Waals surface area contributed by atoms with Gasteiger partial charge in [-0.3, -0.25) is 4.79 Å². The van der Waals surface area contributed by atoms with E-state index in [4.69, 9.17) is 10.00 Å². The molecule has 0 aromatic heterocycles. The number of benzene rings is 1. The van der Waals surface area contributed by atoms with Crippen LogP contribution in [0.15, 0.2) is 30.0 Å². The van der Waals surface area contributed by atoms with Gasteiger partial charge in [-0.2, -0.15) is 5.26 Å². The van der Waals surface area contributed by atoms with E-state index in [0.717, 1.165) is 30.7 Å². The molecule has 6 nitrogen and oxygen atoms in total. The number of amides is 1. The highest BCUT2D eigenvalue weighted by Gasteiger charge is 2.17. The summed E-state index contributed by atoms with van der Waals surface area (Å²) in [6.45, 7) is 2.96. The number of phenols is 1. The summed E-state index contributed by atoms with van der Waals surface area (Å²) in [7, 11) is 0. The predicted octanol–water partition coefficient (Wildman–Crippen LogP) is 1.82. The van der Waals surface area contributed by atoms with Gasteiger partial charge in [0.25, 0.3) is 5.91 Å². The number of hydrogen-bond donors (Lipinski definition) is 3. The molecule has 1 fully saturated rings. The number of anilines is 1. The summed E-state index contributed by atoms with van der Waals surface area (Å²) in [5.74, 6) is -0.260. The molecule has 0 radical (unpaired) electrons. The summed E-state index contributed by atoms with van der Waals surface area (Å²) in [5, 5.41) is 24.1. The summed E-state index contributed by atoms with van der Waals surface area (Å²) in [6.07, 6.45) is 3.33. The molecule has 22 heavy (non-hydrogen) atoms. The second-order valence-corrected chi connectivity index (χ2v) is 5.16. The van der Waals surface area contributed by atoms with E-state index in [1.807, 2.05) is 13.0 Å². The van der Waals surface area contributed by atoms with Crippen LogP contribution < -0.4 is 10.6 Å². The molecule has 1 saturated heterocycles. The van der Waals surface area contributed by atoms with E-state index in [1.54, 1.807) is 12.1 Å². The topological polar surface area (TPSA) is 94.4 Å². The van der Waals surface area contributed by atoms with E-state index >= 15 is 0 Å². The third kappa shape index (κ3) is 4.24. The largest absolute Gasteiger partial charge is 0.508 e. The average molecular weight is 301 g/mol. The summed E-state index contributed by atoms with van der Waals surface area (Å²) in [4.78, 5) is 12.0. The number of nitrogens with one attached hydrogen (secondary N) is 2. The highest BCUT2D eigenvalue weighted by molar-refractivity contribution is 5.97. The van der Waals surface area contributed by atoms with E-state index in [2.05, 4.69) is 10.6 Å². The number of aryl methyl sites for hydroxylation is 1. The Labute approximate surface area is 129 Å². The van der Waals surface area contributed by atoms with Crippen molar-refractivity contribution in [2.24, 2.45) is 0 Å². The molecule has 0 saturated carbocycles. The number of aromatic hydroxyl groups is 1. The summed E-state index contributed by atoms with van der Waals surface area (Å²) >= 11 is 0. The number of nitriles is 1. The number of hydrogen-bond acceptors (Lipinski definition) is 5. The maximum atomic E-state index is 12.0. The number of rotatable bonds is 5. The van der Waals surface area contributed by atoms with Crippen molar-refractivity contribution in [1.82, 2.24) is 5.32 Å². The van der Waals surface area contributed by atoms with Crippen molar-refractivity contribution < 1.29 is 14.6 Å². The lowest BCUT2D eigenvalue weighted by Crippen LogP contribution is -2.32. The second-order valence-electron chi connectivity index (χ2n) is 5.16. The summed E-state index contributed by atoms with van der Waals surface area (Å²) in [6, 6.07) is 6.69. The smallest absolute Gasteiger partial charge is 0.263 e. The first kappa shape index (κ1) is 15.9. The van der Waals surface area contributed by atoms with Crippen LogP contribution in [0, 0.1) is 18.3 Å². The highest BCUT2D eigenvalue weighted by atomic mass is 16.5. The quantitative estimate of drug-likeness (QED) is 0.438. The van der Waals surface area contributed by atoms with Crippen molar-refractivity contribution in [3.8, 4) is 11.8 Å². The van der Waals surface area contributed by atoms with Crippen LogP contribution in [-0.2, 0) is 9.53 Å². The van der Waals surface area contributed by atoms with Gasteiger partial charge in [0.05, 0.1) is 6.10 Å². The van der Waals surface area contributed by atoms with Gasteiger partial charge >= 0.3 is 0 Å². The molecule has 1 amide bonds. The van der Waals surface area contributed by atoms with Crippen LogP contribution in [0.3, 0.4) is 0 Å². The van der Waals surface area contributed by atoms with E-state index < -0.39 is 5.91 Å². The molecule has 3 N–H and O–H groups in total. The molecule has 1 aliphatic rings. The van der Waals surface area contributed by atoms with Crippen LogP contribution in [-0.4, -0.2) is 30.3 Å². The van der Waals surface area contributed by atoms with Gasteiger partial charge in [-0.25, -0.2) is 0 Å². The molecule has 0 spiro atoms. The first-order valence-electron chi connectivity index (χ1n) is 7.16. The molecule has 2 rings (SSSR count). The van der Waals surface area contributed by atoms with E-state index in [-0.39, 0.29) is 17.4 Å². The molecular weight excluding hydrogens is 282 g/mol. The monoisotopic (exact) mass is 301 g/mol. The van der Waals surface area contributed by atoms with Gasteiger partial charge in [-0.15, -0.1) is 0 Å². The van der Waals surface area contributed by atoms with Crippen molar-refractivity contribution in [1.29, 1.82) is 5.26 Å². The van der Waals surface area contributed by atoms with Crippen LogP contribution in [0.4, 0.5) is 5.69 Å². The number of phenolic OH excluding ortho intramolecular Hbond substituents is 1. The number of nitrogens with zero attached hydrogens (tertiary/aromatic N) is 1. The maximum absolute atomic E-state index is 12.0. The molecule has 1 aromatic rings. The van der Waals surface area contributed by atoms with Crippen molar-refractivity contribution in [2.75, 3.05) is 18.5 Å². The molecule has 0 bridgehead atoms. The number of ether oxygens (including phenoxy) is 1. The van der Waals surface area contributed by atoms with Gasteiger partial charge < -0.3 is 20.5 Å². The Morgan fingerprint density at radius 3 is 3.05 bits per heavy atom. The van der Waals surface area contributed by atoms with Crippen LogP contribution in [0.25, 0.3) is 0 Å². The van der Waals surface area contributed by atoms with Crippen molar-refractivity contribution in [2.45, 2.75) is 25.9 Å². The van der Waals surface area contributed by atoms with Crippen molar-refractivity contribution in [3.05, 3.63) is 35.5 Å². The molecule has 1 unspecified atom stereocenters. The minimum absolute atomic E-state index is 0.00882. The third-order valence-corrected chi connectivity index (χ3v) is 3.46. The Bertz CT molecular complexity index is 614. The normalized spacial score (nSPS) is 17.8. The lowest BCUT2D eigenvalue weighted by atomic mass is 10.2. The molecular formula is C16H19N3O3. The fraction of sp³-hybridized carbons (Fsp3) is 0.375. The first-order chi connectivity index (χ1) is 10.6. The zero-order valence-corrected chi connectivity index (χ0v) is 12.4. The number of carbonyl (C=O) groups is 1. The van der Waals surface area contributed by atoms with Gasteiger partial charge in [0, 0.05) is 25.0 Å². The van der Waals surface area contributed by atoms with Gasteiger partial charge in [0.1, 0.15) is 17.4 Å². The lowest BCUT2D eigenvalue weighted by molar-refractivity contribution is -0.117. The Hall–Kier alpha value is -2.52. The maximum Gasteiger partial charge on any atom is 0.263 e. The van der Waals surface area contributed by atoms with Gasteiger partial charge in [0.15, 0.2) is 0 Å². The fourth-order valence-corrected chi connectivity index (χ4v) is 2.22. The molecule has 1 atom stereocenters. The molecule has 6 heteroatoms. The van der Waals surface area contributed by atoms with E-state index in [9.17, 15) is 9.90 Å². The van der Waals surface area contributed by atoms with Crippen molar-refractivity contribution in [3.63, 3.8) is 0 Å². The molecule has 1 heterocycles. The van der Waals surface area contributed by atoms with Gasteiger partial charge in [0.2, 0.25) is 0 Å². The first-order valence-corrected chi connectivity index (χ1v) is 7.16. The Kier molecular flexibility index (Phi) is 5.39. The number of carbonyl (C=O) groups excluding carboxylic acids is 1. The van der Waals surface area contributed by atoms with Crippen molar-refractivity contribution >= 4 is 11.6 Å². The fourth-order valence-electron chi connectivity index (χ4n) is 2.22. The SMILES string of the molecule is Cc1cc(O)ccc1N/C=C(/C#N)C(=O)NCC1CCCO1. The standard InChI is InChI=1S/C16H19N3O3/c1-11-7-13(20)4-5-15(11)18-9-12(8-17)16(21)19-10-14-3-2-6-22-14/h4-5,7,9,14,18,20H,2-3,6,10H2,1H3,(H,19,21)/b12-9-. The van der Waals surface area contributed by atoms with E-state index in [1.165, 1.54) is 12.3 Å². The zero-order chi connectivity index (χ0) is 15.9. The van der Waals surface area contributed by atoms with Crippen LogP contribution in [0.1, 0.15) is 18.4 Å². The lowest BCUT2D eigenvalue weighted by Gasteiger charge is -2.10. The summed E-state index contributed by atoms with van der Waals surface area (Å²) < 4.78 is 5.42. The van der Waals surface area contributed by atoms with Gasteiger partial charge in [-0.05, 0) is 43.5 Å². The molecule has 0 aliphatic carbocycles. The molecule has 1 aromatic carbocycles. The third-order valence-electron chi connectivity index (χ3n) is 3.46. The van der Waals surface area contributed by atoms with Gasteiger partial charge in [-0.1, -0.05) is 0 Å². The van der Waals surface area contributed by atoms with E-state index in [0.29, 0.717) is 6.54 Å². The second kappa shape index (κ2) is 7.48. The minimum Gasteiger partial charge on any atom is -0.508 e. The highest BCUT2D eigenvalue weighted by Crippen LogP contribution is 2.20. The average Bonchev–Trinajstić information content (AvgIpc) is 3.01. The minimum atomic E-state index is -0.429.